The second kappa shape index (κ2) is 6.43. The lowest BCUT2D eigenvalue weighted by molar-refractivity contribution is 0.175. The van der Waals surface area contributed by atoms with Crippen molar-refractivity contribution in [3.8, 4) is 0 Å². The van der Waals surface area contributed by atoms with Crippen molar-refractivity contribution in [1.82, 2.24) is 18.7 Å². The summed E-state index contributed by atoms with van der Waals surface area (Å²) >= 11 is 0. The fourth-order valence-corrected chi connectivity index (χ4v) is 3.38. The first-order chi connectivity index (χ1) is 11.4. The Balaban J connectivity index is 2.28. The van der Waals surface area contributed by atoms with Gasteiger partial charge in [0, 0.05) is 27.2 Å². The molecule has 0 aromatic carbocycles. The van der Waals surface area contributed by atoms with Crippen LogP contribution < -0.4 is 16.1 Å². The number of aliphatic hydroxyl groups is 1. The molecule has 0 aliphatic carbocycles. The third-order valence-corrected chi connectivity index (χ3v) is 4.66. The summed E-state index contributed by atoms with van der Waals surface area (Å²) in [6, 6.07) is 0. The zero-order valence-corrected chi connectivity index (χ0v) is 14.5. The summed E-state index contributed by atoms with van der Waals surface area (Å²) in [6.45, 7) is 3.70. The molecule has 8 heteroatoms. The van der Waals surface area contributed by atoms with Crippen LogP contribution in [0.3, 0.4) is 0 Å². The first-order valence-electron chi connectivity index (χ1n) is 8.51. The molecule has 0 spiro atoms. The molecular weight excluding hydrogens is 310 g/mol. The van der Waals surface area contributed by atoms with Crippen LogP contribution in [-0.4, -0.2) is 43.0 Å². The average Bonchev–Trinajstić information content (AvgIpc) is 2.73. The van der Waals surface area contributed by atoms with E-state index in [1.807, 2.05) is 0 Å². The van der Waals surface area contributed by atoms with Gasteiger partial charge in [-0.1, -0.05) is 12.8 Å². The van der Waals surface area contributed by atoms with E-state index >= 15 is 0 Å². The lowest BCUT2D eigenvalue weighted by Gasteiger charge is -2.23. The molecule has 1 fully saturated rings. The van der Waals surface area contributed by atoms with Crippen molar-refractivity contribution in [2.75, 3.05) is 18.0 Å². The SMILES string of the molecule is C[C@@H](O)Cn1c(N2CCCCCC2)nc2c1c(=O)n(C)c(=O)n2C. The van der Waals surface area contributed by atoms with Crippen molar-refractivity contribution < 1.29 is 5.11 Å². The molecule has 3 heterocycles. The molecule has 1 atom stereocenters. The van der Waals surface area contributed by atoms with Crippen LogP contribution in [0, 0.1) is 0 Å². The van der Waals surface area contributed by atoms with Gasteiger partial charge in [0.1, 0.15) is 0 Å². The maximum absolute atomic E-state index is 12.7. The Kier molecular flexibility index (Phi) is 4.49. The van der Waals surface area contributed by atoms with Crippen molar-refractivity contribution in [3.05, 3.63) is 20.8 Å². The second-order valence-electron chi connectivity index (χ2n) is 6.65. The van der Waals surface area contributed by atoms with Gasteiger partial charge in [0.25, 0.3) is 5.56 Å². The Hall–Kier alpha value is -2.09. The van der Waals surface area contributed by atoms with Gasteiger partial charge in [-0.25, -0.2) is 4.79 Å². The van der Waals surface area contributed by atoms with Gasteiger partial charge in [-0.3, -0.25) is 13.9 Å². The Morgan fingerprint density at radius 1 is 1.08 bits per heavy atom. The second-order valence-corrected chi connectivity index (χ2v) is 6.65. The van der Waals surface area contributed by atoms with Gasteiger partial charge >= 0.3 is 5.69 Å². The third-order valence-electron chi connectivity index (χ3n) is 4.66. The van der Waals surface area contributed by atoms with E-state index in [0.29, 0.717) is 17.1 Å². The number of imidazole rings is 1. The van der Waals surface area contributed by atoms with Gasteiger partial charge in [-0.05, 0) is 19.8 Å². The molecule has 24 heavy (non-hydrogen) atoms. The lowest BCUT2D eigenvalue weighted by Crippen LogP contribution is -2.38. The zero-order valence-electron chi connectivity index (χ0n) is 14.5. The van der Waals surface area contributed by atoms with Gasteiger partial charge in [-0.2, -0.15) is 4.98 Å². The van der Waals surface area contributed by atoms with Gasteiger partial charge in [0.05, 0.1) is 12.6 Å². The van der Waals surface area contributed by atoms with Crippen molar-refractivity contribution in [2.45, 2.75) is 45.3 Å². The third kappa shape index (κ3) is 2.75. The number of hydrogen-bond donors (Lipinski definition) is 1. The fourth-order valence-electron chi connectivity index (χ4n) is 3.38. The largest absolute Gasteiger partial charge is 0.392 e. The Bertz CT molecular complexity index is 853. The highest BCUT2D eigenvalue weighted by Gasteiger charge is 2.23. The summed E-state index contributed by atoms with van der Waals surface area (Å²) in [5.41, 5.74) is -0.0123. The smallest absolute Gasteiger partial charge is 0.332 e. The highest BCUT2D eigenvalue weighted by Crippen LogP contribution is 2.23. The monoisotopic (exact) mass is 335 g/mol. The molecule has 0 saturated carbocycles. The standard InChI is InChI=1S/C16H25N5O3/c1-11(22)10-21-12-13(18(2)16(24)19(3)14(12)23)17-15(21)20-8-6-4-5-7-9-20/h11,22H,4-10H2,1-3H3/t11-/m1/s1. The molecule has 3 rings (SSSR count). The van der Waals surface area contributed by atoms with E-state index < -0.39 is 11.8 Å². The molecule has 1 saturated heterocycles. The van der Waals surface area contributed by atoms with Crippen molar-refractivity contribution in [3.63, 3.8) is 0 Å². The van der Waals surface area contributed by atoms with Crippen LogP contribution >= 0.6 is 0 Å². The summed E-state index contributed by atoms with van der Waals surface area (Å²) < 4.78 is 4.26. The quantitative estimate of drug-likeness (QED) is 0.866. The molecule has 1 N–H and O–H groups in total. The number of fused-ring (bicyclic) bond motifs is 1. The summed E-state index contributed by atoms with van der Waals surface area (Å²) in [7, 11) is 3.09. The maximum Gasteiger partial charge on any atom is 0.332 e. The number of aromatic nitrogens is 4. The number of rotatable bonds is 3. The van der Waals surface area contributed by atoms with Crippen molar-refractivity contribution >= 4 is 17.1 Å². The average molecular weight is 335 g/mol. The normalized spacial score (nSPS) is 17.2. The molecule has 0 radical (unpaired) electrons. The molecule has 1 aliphatic heterocycles. The van der Waals surface area contributed by atoms with E-state index in [1.54, 1.807) is 18.5 Å². The van der Waals surface area contributed by atoms with Crippen LogP contribution in [0.5, 0.6) is 0 Å². The highest BCUT2D eigenvalue weighted by atomic mass is 16.3. The molecular formula is C16H25N5O3. The summed E-state index contributed by atoms with van der Waals surface area (Å²) in [5, 5.41) is 9.90. The van der Waals surface area contributed by atoms with Crippen LogP contribution in [0.15, 0.2) is 9.59 Å². The highest BCUT2D eigenvalue weighted by molar-refractivity contribution is 5.74. The maximum atomic E-state index is 12.7. The Morgan fingerprint density at radius 2 is 1.71 bits per heavy atom. The van der Waals surface area contributed by atoms with Crippen LogP contribution in [0.25, 0.3) is 11.2 Å². The number of aliphatic hydroxyl groups excluding tert-OH is 1. The minimum atomic E-state index is -0.616. The predicted octanol–water partition coefficient (Wildman–Crippen LogP) is 0.195. The lowest BCUT2D eigenvalue weighted by atomic mass is 10.2. The van der Waals surface area contributed by atoms with Crippen molar-refractivity contribution in [1.29, 1.82) is 0 Å². The molecule has 2 aromatic heterocycles. The van der Waals surface area contributed by atoms with Gasteiger partial charge in [-0.15, -0.1) is 0 Å². The predicted molar refractivity (Wildman–Crippen MR) is 92.6 cm³/mol. The topological polar surface area (TPSA) is 85.3 Å². The summed E-state index contributed by atoms with van der Waals surface area (Å²) in [5.74, 6) is 0.672. The molecule has 2 aromatic rings. The van der Waals surface area contributed by atoms with Gasteiger partial charge in [0.2, 0.25) is 5.95 Å². The van der Waals surface area contributed by atoms with E-state index in [-0.39, 0.29) is 12.1 Å². The van der Waals surface area contributed by atoms with E-state index in [9.17, 15) is 14.7 Å². The van der Waals surface area contributed by atoms with E-state index in [1.165, 1.54) is 24.5 Å². The first kappa shape index (κ1) is 16.8. The van der Waals surface area contributed by atoms with E-state index in [0.717, 1.165) is 30.5 Å². The van der Waals surface area contributed by atoms with E-state index in [4.69, 9.17) is 0 Å². The molecule has 0 unspecified atom stereocenters. The minimum Gasteiger partial charge on any atom is -0.392 e. The molecule has 1 aliphatic rings. The van der Waals surface area contributed by atoms with Crippen molar-refractivity contribution in [2.24, 2.45) is 14.1 Å². The number of anilines is 1. The number of hydrogen-bond acceptors (Lipinski definition) is 5. The van der Waals surface area contributed by atoms with Gasteiger partial charge < -0.3 is 14.6 Å². The minimum absolute atomic E-state index is 0.274. The van der Waals surface area contributed by atoms with Gasteiger partial charge in [0.15, 0.2) is 11.2 Å². The van der Waals surface area contributed by atoms with Crippen LogP contribution in [0.4, 0.5) is 5.95 Å². The fraction of sp³-hybridized carbons (Fsp3) is 0.688. The van der Waals surface area contributed by atoms with E-state index in [2.05, 4.69) is 9.88 Å². The van der Waals surface area contributed by atoms with Crippen LogP contribution in [-0.2, 0) is 20.6 Å². The number of aryl methyl sites for hydroxylation is 1. The Labute approximate surface area is 139 Å². The molecule has 8 nitrogen and oxygen atoms in total. The molecule has 132 valence electrons. The number of nitrogens with zero attached hydrogens (tertiary/aromatic N) is 5. The zero-order chi connectivity index (χ0) is 17.4. The van der Waals surface area contributed by atoms with Crippen LogP contribution in [0.1, 0.15) is 32.6 Å². The summed E-state index contributed by atoms with van der Waals surface area (Å²) in [6.07, 6.45) is 3.92. The molecule has 0 amide bonds. The van der Waals surface area contributed by atoms with Crippen LogP contribution in [0.2, 0.25) is 0 Å². The molecule has 0 bridgehead atoms. The first-order valence-corrected chi connectivity index (χ1v) is 8.51. The Morgan fingerprint density at radius 3 is 2.29 bits per heavy atom. The summed E-state index contributed by atoms with van der Waals surface area (Å²) in [4.78, 5) is 31.6.